The molecule has 0 amide bonds. The summed E-state index contributed by atoms with van der Waals surface area (Å²) in [6.45, 7) is 2.06. The third-order valence-electron chi connectivity index (χ3n) is 2.17. The first-order chi connectivity index (χ1) is 7.70. The van der Waals surface area contributed by atoms with Crippen molar-refractivity contribution in [3.8, 4) is 11.5 Å². The number of nitrogens with zero attached hydrogens (tertiary/aromatic N) is 2. The summed E-state index contributed by atoms with van der Waals surface area (Å²) < 4.78 is 5.49. The van der Waals surface area contributed by atoms with Gasteiger partial charge in [-0.25, -0.2) is 0 Å². The Morgan fingerprint density at radius 1 is 1.38 bits per heavy atom. The van der Waals surface area contributed by atoms with Gasteiger partial charge in [0.15, 0.2) is 0 Å². The average molecular weight is 238 g/mol. The molecule has 0 unspecified atom stereocenters. The Balaban J connectivity index is 2.35. The lowest BCUT2D eigenvalue weighted by Gasteiger charge is -2.00. The number of anilines is 1. The van der Waals surface area contributed by atoms with Gasteiger partial charge in [-0.1, -0.05) is 18.5 Å². The van der Waals surface area contributed by atoms with Crippen LogP contribution in [0.25, 0.3) is 11.5 Å². The monoisotopic (exact) mass is 237 g/mol. The second kappa shape index (κ2) is 4.53. The maximum absolute atomic E-state index is 5.82. The van der Waals surface area contributed by atoms with Crippen molar-refractivity contribution >= 4 is 17.3 Å². The van der Waals surface area contributed by atoms with E-state index in [9.17, 15) is 0 Å². The van der Waals surface area contributed by atoms with E-state index in [0.717, 1.165) is 18.4 Å². The maximum Gasteiger partial charge on any atom is 0.249 e. The Morgan fingerprint density at radius 3 is 2.88 bits per heavy atom. The van der Waals surface area contributed by atoms with Gasteiger partial charge in [0.25, 0.3) is 0 Å². The molecular formula is C11H12ClN3O. The normalized spacial score (nSPS) is 10.6. The van der Waals surface area contributed by atoms with Gasteiger partial charge in [0.1, 0.15) is 0 Å². The van der Waals surface area contributed by atoms with E-state index in [4.69, 9.17) is 21.8 Å². The van der Waals surface area contributed by atoms with Crippen molar-refractivity contribution in [3.63, 3.8) is 0 Å². The van der Waals surface area contributed by atoms with Crippen molar-refractivity contribution in [1.82, 2.24) is 10.2 Å². The van der Waals surface area contributed by atoms with Crippen molar-refractivity contribution in [2.45, 2.75) is 19.8 Å². The van der Waals surface area contributed by atoms with Crippen molar-refractivity contribution in [2.75, 3.05) is 5.73 Å². The summed E-state index contributed by atoms with van der Waals surface area (Å²) in [7, 11) is 0. The Kier molecular flexibility index (Phi) is 3.10. The van der Waals surface area contributed by atoms with Gasteiger partial charge in [0.05, 0.1) is 5.56 Å². The number of benzene rings is 1. The predicted molar refractivity (Wildman–Crippen MR) is 63.2 cm³/mol. The molecule has 84 valence electrons. The molecule has 0 radical (unpaired) electrons. The molecule has 1 aromatic carbocycles. The lowest BCUT2D eigenvalue weighted by Crippen LogP contribution is -1.89. The largest absolute Gasteiger partial charge is 0.421 e. The minimum atomic E-state index is 0.442. The lowest BCUT2D eigenvalue weighted by atomic mass is 10.2. The van der Waals surface area contributed by atoms with E-state index in [-0.39, 0.29) is 0 Å². The predicted octanol–water partition coefficient (Wildman–Crippen LogP) is 2.92. The minimum Gasteiger partial charge on any atom is -0.421 e. The van der Waals surface area contributed by atoms with Crippen molar-refractivity contribution in [3.05, 3.63) is 29.1 Å². The molecule has 2 aromatic rings. The molecule has 2 N–H and O–H groups in total. The quantitative estimate of drug-likeness (QED) is 0.834. The average Bonchev–Trinajstić information content (AvgIpc) is 2.67. The molecule has 0 bridgehead atoms. The van der Waals surface area contributed by atoms with Crippen LogP contribution in [0.4, 0.5) is 5.69 Å². The van der Waals surface area contributed by atoms with Gasteiger partial charge in [-0.3, -0.25) is 0 Å². The van der Waals surface area contributed by atoms with E-state index in [1.54, 1.807) is 18.2 Å². The zero-order chi connectivity index (χ0) is 11.5. The molecule has 0 aliphatic carbocycles. The highest BCUT2D eigenvalue weighted by atomic mass is 35.5. The number of rotatable bonds is 3. The Bertz CT molecular complexity index is 496. The molecule has 0 fully saturated rings. The number of aromatic nitrogens is 2. The van der Waals surface area contributed by atoms with Crippen molar-refractivity contribution in [1.29, 1.82) is 0 Å². The van der Waals surface area contributed by atoms with Gasteiger partial charge in [-0.15, -0.1) is 10.2 Å². The van der Waals surface area contributed by atoms with Crippen LogP contribution in [0.3, 0.4) is 0 Å². The van der Waals surface area contributed by atoms with Crippen LogP contribution in [0.5, 0.6) is 0 Å². The molecule has 5 heteroatoms. The van der Waals surface area contributed by atoms with Gasteiger partial charge < -0.3 is 10.2 Å². The Labute approximate surface area is 98.4 Å². The topological polar surface area (TPSA) is 64.9 Å². The van der Waals surface area contributed by atoms with E-state index in [0.29, 0.717) is 22.5 Å². The lowest BCUT2D eigenvalue weighted by molar-refractivity contribution is 0.502. The summed E-state index contributed by atoms with van der Waals surface area (Å²) in [5.41, 5.74) is 7.09. The number of halogens is 1. The highest BCUT2D eigenvalue weighted by Gasteiger charge is 2.10. The molecule has 0 saturated carbocycles. The molecular weight excluding hydrogens is 226 g/mol. The number of aryl methyl sites for hydroxylation is 1. The summed E-state index contributed by atoms with van der Waals surface area (Å²) in [5.74, 6) is 1.07. The van der Waals surface area contributed by atoms with Crippen molar-refractivity contribution in [2.24, 2.45) is 0 Å². The highest BCUT2D eigenvalue weighted by Crippen LogP contribution is 2.27. The summed E-state index contributed by atoms with van der Waals surface area (Å²) >= 11 is 5.81. The van der Waals surface area contributed by atoms with Gasteiger partial charge >= 0.3 is 0 Å². The standard InChI is InChI=1S/C11H12ClN3O/c1-2-3-10-14-15-11(16-10)8-5-4-7(12)6-9(8)13/h4-6H,2-3,13H2,1H3. The first-order valence-electron chi connectivity index (χ1n) is 5.08. The first-order valence-corrected chi connectivity index (χ1v) is 5.46. The van der Waals surface area contributed by atoms with Gasteiger partial charge in [-0.2, -0.15) is 0 Å². The second-order valence-electron chi connectivity index (χ2n) is 3.48. The van der Waals surface area contributed by atoms with Crippen LogP contribution in [0.1, 0.15) is 19.2 Å². The number of hydrogen-bond acceptors (Lipinski definition) is 4. The van der Waals surface area contributed by atoms with E-state index in [2.05, 4.69) is 17.1 Å². The summed E-state index contributed by atoms with van der Waals surface area (Å²) in [6.07, 6.45) is 1.75. The van der Waals surface area contributed by atoms with Crippen LogP contribution in [0.15, 0.2) is 22.6 Å². The minimum absolute atomic E-state index is 0.442. The zero-order valence-corrected chi connectivity index (χ0v) is 9.66. The van der Waals surface area contributed by atoms with Crippen LogP contribution >= 0.6 is 11.6 Å². The Morgan fingerprint density at radius 2 is 2.19 bits per heavy atom. The van der Waals surface area contributed by atoms with Gasteiger partial charge in [0.2, 0.25) is 11.8 Å². The Hall–Kier alpha value is -1.55. The van der Waals surface area contributed by atoms with Crippen LogP contribution < -0.4 is 5.73 Å². The molecule has 0 atom stereocenters. The van der Waals surface area contributed by atoms with Crippen LogP contribution in [-0.4, -0.2) is 10.2 Å². The number of nitrogens with two attached hydrogens (primary N) is 1. The van der Waals surface area contributed by atoms with Gasteiger partial charge in [0, 0.05) is 17.1 Å². The molecule has 16 heavy (non-hydrogen) atoms. The van der Waals surface area contributed by atoms with Crippen LogP contribution in [0.2, 0.25) is 5.02 Å². The molecule has 0 aliphatic heterocycles. The van der Waals surface area contributed by atoms with E-state index >= 15 is 0 Å². The fraction of sp³-hybridized carbons (Fsp3) is 0.273. The molecule has 0 spiro atoms. The smallest absolute Gasteiger partial charge is 0.249 e. The fourth-order valence-electron chi connectivity index (χ4n) is 1.41. The molecule has 2 rings (SSSR count). The highest BCUT2D eigenvalue weighted by molar-refractivity contribution is 6.31. The maximum atomic E-state index is 5.82. The molecule has 1 aromatic heterocycles. The SMILES string of the molecule is CCCc1nnc(-c2ccc(Cl)cc2N)o1. The molecule has 1 heterocycles. The summed E-state index contributed by atoms with van der Waals surface area (Å²) in [6, 6.07) is 5.19. The van der Waals surface area contributed by atoms with E-state index in [1.807, 2.05) is 0 Å². The summed E-state index contributed by atoms with van der Waals surface area (Å²) in [4.78, 5) is 0. The summed E-state index contributed by atoms with van der Waals surface area (Å²) in [5, 5.41) is 8.49. The molecule has 0 aliphatic rings. The third-order valence-corrected chi connectivity index (χ3v) is 2.41. The number of nitrogen functional groups attached to an aromatic ring is 1. The van der Waals surface area contributed by atoms with E-state index in [1.165, 1.54) is 0 Å². The van der Waals surface area contributed by atoms with E-state index < -0.39 is 0 Å². The van der Waals surface area contributed by atoms with Crippen LogP contribution in [0, 0.1) is 0 Å². The third kappa shape index (κ3) is 2.17. The van der Waals surface area contributed by atoms with Gasteiger partial charge in [-0.05, 0) is 24.6 Å². The fourth-order valence-corrected chi connectivity index (χ4v) is 1.59. The first kappa shape index (κ1) is 11.0. The number of hydrogen-bond donors (Lipinski definition) is 1. The second-order valence-corrected chi connectivity index (χ2v) is 3.92. The molecule has 4 nitrogen and oxygen atoms in total. The van der Waals surface area contributed by atoms with Crippen molar-refractivity contribution < 1.29 is 4.42 Å². The van der Waals surface area contributed by atoms with Crippen LogP contribution in [-0.2, 0) is 6.42 Å². The zero-order valence-electron chi connectivity index (χ0n) is 8.90. The molecule has 0 saturated heterocycles.